The Kier molecular flexibility index (Phi) is 4.13. The maximum Gasteiger partial charge on any atom is 0.142 e. The lowest BCUT2D eigenvalue weighted by Crippen LogP contribution is -2.01. The number of methoxy groups -OCH3 is 2. The van der Waals surface area contributed by atoms with Crippen LogP contribution >= 0.6 is 0 Å². The zero-order valence-electron chi connectivity index (χ0n) is 11.0. The number of hydrogen-bond acceptors (Lipinski definition) is 4. The molecule has 0 unspecified atom stereocenters. The summed E-state index contributed by atoms with van der Waals surface area (Å²) >= 11 is 0. The van der Waals surface area contributed by atoms with E-state index in [4.69, 9.17) is 9.47 Å². The van der Waals surface area contributed by atoms with E-state index in [2.05, 4.69) is 5.32 Å². The molecule has 0 bridgehead atoms. The highest BCUT2D eigenvalue weighted by molar-refractivity contribution is 5.60. The van der Waals surface area contributed by atoms with Crippen LogP contribution < -0.4 is 14.8 Å². The van der Waals surface area contributed by atoms with Gasteiger partial charge in [0.25, 0.3) is 0 Å². The topological polar surface area (TPSA) is 50.7 Å². The van der Waals surface area contributed by atoms with Gasteiger partial charge in [-0.3, -0.25) is 0 Å². The van der Waals surface area contributed by atoms with Gasteiger partial charge in [-0.1, -0.05) is 12.1 Å². The van der Waals surface area contributed by atoms with Crippen LogP contribution in [0.25, 0.3) is 0 Å². The number of phenols is 1. The fourth-order valence-electron chi connectivity index (χ4n) is 1.82. The second kappa shape index (κ2) is 6.00. The number of phenolic OH excluding ortho intramolecular Hbond substituents is 1. The van der Waals surface area contributed by atoms with Crippen LogP contribution in [0.15, 0.2) is 42.5 Å². The molecule has 0 spiro atoms. The van der Waals surface area contributed by atoms with Gasteiger partial charge in [0.2, 0.25) is 0 Å². The minimum atomic E-state index is 0.261. The quantitative estimate of drug-likeness (QED) is 0.866. The number of rotatable bonds is 5. The van der Waals surface area contributed by atoms with E-state index in [-0.39, 0.29) is 5.75 Å². The lowest BCUT2D eigenvalue weighted by atomic mass is 10.2. The van der Waals surface area contributed by atoms with Crippen LogP contribution in [-0.2, 0) is 6.54 Å². The molecule has 0 aliphatic rings. The van der Waals surface area contributed by atoms with Crippen LogP contribution in [0.5, 0.6) is 17.2 Å². The molecule has 2 rings (SSSR count). The Bertz CT molecular complexity index is 555. The molecule has 0 heterocycles. The first-order valence-corrected chi connectivity index (χ1v) is 5.96. The Morgan fingerprint density at radius 1 is 1.05 bits per heavy atom. The molecule has 0 atom stereocenters. The van der Waals surface area contributed by atoms with Crippen molar-refractivity contribution in [1.82, 2.24) is 0 Å². The summed E-state index contributed by atoms with van der Waals surface area (Å²) in [7, 11) is 3.25. The summed E-state index contributed by atoms with van der Waals surface area (Å²) in [6.45, 7) is 0.595. The Hall–Kier alpha value is -2.36. The molecule has 2 aromatic rings. The number of anilines is 1. The highest BCUT2D eigenvalue weighted by Gasteiger charge is 2.04. The van der Waals surface area contributed by atoms with Crippen LogP contribution in [0, 0.1) is 0 Å². The summed E-state index contributed by atoms with van der Waals surface area (Å²) in [4.78, 5) is 0. The lowest BCUT2D eigenvalue weighted by molar-refractivity contribution is 0.404. The molecule has 19 heavy (non-hydrogen) atoms. The van der Waals surface area contributed by atoms with Crippen molar-refractivity contribution in [2.24, 2.45) is 0 Å². The molecule has 0 saturated carbocycles. The van der Waals surface area contributed by atoms with Gasteiger partial charge in [0.1, 0.15) is 17.2 Å². The largest absolute Gasteiger partial charge is 0.508 e. The number of benzene rings is 2. The maximum atomic E-state index is 9.42. The number of aromatic hydroxyl groups is 1. The number of hydrogen-bond donors (Lipinski definition) is 2. The highest BCUT2D eigenvalue weighted by Crippen LogP contribution is 2.29. The van der Waals surface area contributed by atoms with E-state index in [1.54, 1.807) is 26.4 Å². The molecular weight excluding hydrogens is 242 g/mol. The van der Waals surface area contributed by atoms with Gasteiger partial charge in [0.05, 0.1) is 19.9 Å². The second-order valence-corrected chi connectivity index (χ2v) is 4.09. The van der Waals surface area contributed by atoms with Crippen molar-refractivity contribution in [2.45, 2.75) is 6.54 Å². The van der Waals surface area contributed by atoms with Crippen LogP contribution in [0.3, 0.4) is 0 Å². The van der Waals surface area contributed by atoms with Crippen LogP contribution in [0.4, 0.5) is 5.69 Å². The summed E-state index contributed by atoms with van der Waals surface area (Å²) < 4.78 is 10.5. The van der Waals surface area contributed by atoms with E-state index in [9.17, 15) is 5.11 Å². The molecule has 0 aliphatic heterocycles. The molecule has 0 amide bonds. The van der Waals surface area contributed by atoms with Gasteiger partial charge in [-0.15, -0.1) is 0 Å². The second-order valence-electron chi connectivity index (χ2n) is 4.09. The highest BCUT2D eigenvalue weighted by atomic mass is 16.5. The van der Waals surface area contributed by atoms with E-state index in [1.807, 2.05) is 30.3 Å². The third-order valence-corrected chi connectivity index (χ3v) is 2.80. The molecule has 4 heteroatoms. The first-order chi connectivity index (χ1) is 9.22. The van der Waals surface area contributed by atoms with Gasteiger partial charge in [-0.05, 0) is 29.8 Å². The van der Waals surface area contributed by atoms with Gasteiger partial charge in [0.15, 0.2) is 0 Å². The van der Waals surface area contributed by atoms with Gasteiger partial charge in [0, 0.05) is 12.6 Å². The normalized spacial score (nSPS) is 10.0. The van der Waals surface area contributed by atoms with Crippen molar-refractivity contribution in [3.8, 4) is 17.2 Å². The van der Waals surface area contributed by atoms with Crippen LogP contribution in [-0.4, -0.2) is 19.3 Å². The van der Waals surface area contributed by atoms with Crippen molar-refractivity contribution in [1.29, 1.82) is 0 Å². The summed E-state index contributed by atoms with van der Waals surface area (Å²) in [5.41, 5.74) is 1.84. The summed E-state index contributed by atoms with van der Waals surface area (Å²) in [6.07, 6.45) is 0. The van der Waals surface area contributed by atoms with Gasteiger partial charge in [-0.2, -0.15) is 0 Å². The van der Waals surface area contributed by atoms with E-state index in [0.717, 1.165) is 22.7 Å². The molecule has 2 N–H and O–H groups in total. The van der Waals surface area contributed by atoms with E-state index in [1.165, 1.54) is 0 Å². The van der Waals surface area contributed by atoms with Crippen molar-refractivity contribution in [3.05, 3.63) is 48.0 Å². The average molecular weight is 259 g/mol. The molecule has 0 aliphatic carbocycles. The predicted molar refractivity (Wildman–Crippen MR) is 75.0 cm³/mol. The summed E-state index contributed by atoms with van der Waals surface area (Å²) in [6, 6.07) is 12.7. The first-order valence-electron chi connectivity index (χ1n) is 5.96. The average Bonchev–Trinajstić information content (AvgIpc) is 2.45. The zero-order chi connectivity index (χ0) is 13.7. The van der Waals surface area contributed by atoms with Crippen molar-refractivity contribution >= 4 is 5.69 Å². The molecule has 2 aromatic carbocycles. The van der Waals surface area contributed by atoms with Gasteiger partial charge >= 0.3 is 0 Å². The van der Waals surface area contributed by atoms with Gasteiger partial charge < -0.3 is 19.9 Å². The molecule has 100 valence electrons. The molecule has 0 radical (unpaired) electrons. The van der Waals surface area contributed by atoms with Crippen LogP contribution in [0.1, 0.15) is 5.56 Å². The fraction of sp³-hybridized carbons (Fsp3) is 0.200. The monoisotopic (exact) mass is 259 g/mol. The lowest BCUT2D eigenvalue weighted by Gasteiger charge is -2.12. The molecule has 0 aromatic heterocycles. The number of nitrogens with one attached hydrogen (secondary N) is 1. The minimum Gasteiger partial charge on any atom is -0.508 e. The number of ether oxygens (including phenoxy) is 2. The van der Waals surface area contributed by atoms with Crippen molar-refractivity contribution in [2.75, 3.05) is 19.5 Å². The zero-order valence-corrected chi connectivity index (χ0v) is 11.0. The Morgan fingerprint density at radius 3 is 2.58 bits per heavy atom. The molecule has 0 saturated heterocycles. The summed E-state index contributed by atoms with van der Waals surface area (Å²) in [5.74, 6) is 1.78. The summed E-state index contributed by atoms with van der Waals surface area (Å²) in [5, 5.41) is 12.7. The SMILES string of the molecule is COc1ccc(OC)c(NCc2cccc(O)c2)c1. The van der Waals surface area contributed by atoms with Gasteiger partial charge in [-0.25, -0.2) is 0 Å². The van der Waals surface area contributed by atoms with E-state index >= 15 is 0 Å². The third-order valence-electron chi connectivity index (χ3n) is 2.80. The Morgan fingerprint density at radius 2 is 1.89 bits per heavy atom. The Labute approximate surface area is 112 Å². The molecule has 4 nitrogen and oxygen atoms in total. The standard InChI is InChI=1S/C15H17NO3/c1-18-13-6-7-15(19-2)14(9-13)16-10-11-4-3-5-12(17)8-11/h3-9,16-17H,10H2,1-2H3. The predicted octanol–water partition coefficient (Wildman–Crippen LogP) is 3.02. The minimum absolute atomic E-state index is 0.261. The molecular formula is C15H17NO3. The van der Waals surface area contributed by atoms with Crippen LogP contribution in [0.2, 0.25) is 0 Å². The Balaban J connectivity index is 2.14. The van der Waals surface area contributed by atoms with E-state index < -0.39 is 0 Å². The maximum absolute atomic E-state index is 9.42. The fourth-order valence-corrected chi connectivity index (χ4v) is 1.82. The van der Waals surface area contributed by atoms with E-state index in [0.29, 0.717) is 6.54 Å². The third kappa shape index (κ3) is 3.31. The van der Waals surface area contributed by atoms with Crippen molar-refractivity contribution < 1.29 is 14.6 Å². The molecule has 0 fully saturated rings. The first kappa shape index (κ1) is 13.1. The van der Waals surface area contributed by atoms with Crippen molar-refractivity contribution in [3.63, 3.8) is 0 Å². The smallest absolute Gasteiger partial charge is 0.142 e.